The summed E-state index contributed by atoms with van der Waals surface area (Å²) in [5, 5.41) is 9.07. The van der Waals surface area contributed by atoms with Crippen LogP contribution in [0.25, 0.3) is 33.9 Å². The third-order valence-corrected chi connectivity index (χ3v) is 7.55. The molecule has 0 unspecified atom stereocenters. The topological polar surface area (TPSA) is 146 Å². The summed E-state index contributed by atoms with van der Waals surface area (Å²) in [6, 6.07) is 36.0. The molecule has 250 valence electrons. The molecule has 0 atom stereocenters. The molecule has 0 aliphatic heterocycles. The third kappa shape index (κ3) is 6.62. The quantitative estimate of drug-likeness (QED) is 0.137. The summed E-state index contributed by atoms with van der Waals surface area (Å²) in [7, 11) is 0. The molecule has 12 nitrogen and oxygen atoms in total. The third-order valence-electron chi connectivity index (χ3n) is 7.55. The Morgan fingerprint density at radius 2 is 0.840 bits per heavy atom. The number of nitrogens with one attached hydrogen (secondary N) is 2. The van der Waals surface area contributed by atoms with Crippen LogP contribution in [-0.2, 0) is 9.47 Å². The van der Waals surface area contributed by atoms with Gasteiger partial charge in [-0.05, 0) is 38.1 Å². The first-order valence-corrected chi connectivity index (χ1v) is 15.9. The number of hydrogen-bond donors (Lipinski definition) is 2. The molecule has 2 N–H and O–H groups in total. The van der Waals surface area contributed by atoms with Crippen LogP contribution in [0.1, 0.15) is 55.5 Å². The van der Waals surface area contributed by atoms with E-state index in [1.165, 1.54) is 9.36 Å². The van der Waals surface area contributed by atoms with E-state index in [-0.39, 0.29) is 35.7 Å². The Morgan fingerprint density at radius 1 is 0.520 bits per heavy atom. The Kier molecular flexibility index (Phi) is 9.89. The molecule has 0 bridgehead atoms. The second-order valence-electron chi connectivity index (χ2n) is 10.7. The summed E-state index contributed by atoms with van der Waals surface area (Å²) in [5.74, 6) is -3.36. The molecule has 4 aromatic carbocycles. The predicted molar refractivity (Wildman–Crippen MR) is 185 cm³/mol. The number of esters is 2. The zero-order valence-corrected chi connectivity index (χ0v) is 27.2. The van der Waals surface area contributed by atoms with E-state index in [0.717, 1.165) is 0 Å². The molecule has 50 heavy (non-hydrogen) atoms. The van der Waals surface area contributed by atoms with Gasteiger partial charge in [0, 0.05) is 11.1 Å². The van der Waals surface area contributed by atoms with Crippen LogP contribution in [0.15, 0.2) is 121 Å². The standard InChI is InChI=1S/C38H32N6O6/c1-3-49-37(47)29-31(41-43(27-21-13-7-14-22-27)33(29)25-17-9-5-10-18-25)35(45)39-40-36(46)32-30(38(48)50-4-2)34(26-19-11-6-12-20-26)44(42-32)28-23-15-8-16-24-28/h5-24H,3-4H2,1-2H3,(H,39,45)(H,40,46). The molecule has 2 aromatic heterocycles. The molecule has 0 fully saturated rings. The van der Waals surface area contributed by atoms with Gasteiger partial charge >= 0.3 is 11.9 Å². The lowest BCUT2D eigenvalue weighted by Gasteiger charge is -2.10. The van der Waals surface area contributed by atoms with Crippen LogP contribution < -0.4 is 10.9 Å². The number of hydrogen-bond acceptors (Lipinski definition) is 8. The number of nitrogens with zero attached hydrogens (tertiary/aromatic N) is 4. The highest BCUT2D eigenvalue weighted by Crippen LogP contribution is 2.32. The van der Waals surface area contributed by atoms with Crippen molar-refractivity contribution >= 4 is 23.8 Å². The molecule has 2 amide bonds. The summed E-state index contributed by atoms with van der Waals surface area (Å²) in [6.45, 7) is 3.40. The van der Waals surface area contributed by atoms with Gasteiger partial charge in [0.15, 0.2) is 11.4 Å². The molecule has 0 spiro atoms. The van der Waals surface area contributed by atoms with Crippen LogP contribution >= 0.6 is 0 Å². The molecular formula is C38H32N6O6. The molecule has 0 saturated heterocycles. The zero-order valence-electron chi connectivity index (χ0n) is 27.2. The fourth-order valence-corrected chi connectivity index (χ4v) is 5.42. The molecule has 0 radical (unpaired) electrons. The molecule has 12 heteroatoms. The number of carbonyl (C=O) groups excluding carboxylic acids is 4. The lowest BCUT2D eigenvalue weighted by molar-refractivity contribution is 0.0514. The zero-order chi connectivity index (χ0) is 35.0. The number of hydrazine groups is 1. The highest BCUT2D eigenvalue weighted by atomic mass is 16.5. The molecule has 0 aliphatic rings. The van der Waals surface area contributed by atoms with E-state index in [4.69, 9.17) is 9.47 Å². The fourth-order valence-electron chi connectivity index (χ4n) is 5.42. The van der Waals surface area contributed by atoms with Gasteiger partial charge in [-0.25, -0.2) is 19.0 Å². The first kappa shape index (κ1) is 33.1. The second-order valence-corrected chi connectivity index (χ2v) is 10.7. The Morgan fingerprint density at radius 3 is 1.16 bits per heavy atom. The maximum Gasteiger partial charge on any atom is 0.342 e. The highest BCUT2D eigenvalue weighted by molar-refractivity contribution is 6.11. The minimum Gasteiger partial charge on any atom is -0.462 e. The molecule has 6 rings (SSSR count). The van der Waals surface area contributed by atoms with Gasteiger partial charge in [0.05, 0.1) is 36.0 Å². The summed E-state index contributed by atoms with van der Waals surface area (Å²) in [5.41, 5.74) is 6.96. The van der Waals surface area contributed by atoms with E-state index in [9.17, 15) is 19.2 Å². The van der Waals surface area contributed by atoms with Gasteiger partial charge in [0.25, 0.3) is 11.8 Å². The molecule has 6 aromatic rings. The van der Waals surface area contributed by atoms with Crippen LogP contribution in [0.2, 0.25) is 0 Å². The number of ether oxygens (including phenoxy) is 2. The van der Waals surface area contributed by atoms with Crippen LogP contribution in [-0.4, -0.2) is 56.5 Å². The Hall–Kier alpha value is -6.82. The minimum atomic E-state index is -0.906. The van der Waals surface area contributed by atoms with Crippen molar-refractivity contribution in [1.29, 1.82) is 0 Å². The number of carbonyl (C=O) groups is 4. The SMILES string of the molecule is CCOC(=O)c1c(C(=O)NNC(=O)c2nn(-c3ccccc3)c(-c3ccccc3)c2C(=O)OCC)nn(-c2ccccc2)c1-c1ccccc1. The van der Waals surface area contributed by atoms with Crippen LogP contribution in [0.3, 0.4) is 0 Å². The van der Waals surface area contributed by atoms with Gasteiger partial charge in [-0.2, -0.15) is 10.2 Å². The van der Waals surface area contributed by atoms with Crippen molar-refractivity contribution in [2.24, 2.45) is 0 Å². The Bertz CT molecular complexity index is 1990. The molecule has 0 aliphatic carbocycles. The van der Waals surface area contributed by atoms with Gasteiger partial charge in [-0.1, -0.05) is 97.1 Å². The van der Waals surface area contributed by atoms with Crippen LogP contribution in [0.5, 0.6) is 0 Å². The Balaban J connectivity index is 1.42. The van der Waals surface area contributed by atoms with E-state index in [1.807, 2.05) is 24.3 Å². The summed E-state index contributed by atoms with van der Waals surface area (Å²) in [6.07, 6.45) is 0. The fraction of sp³-hybridized carbons (Fsp3) is 0.105. The monoisotopic (exact) mass is 668 g/mol. The van der Waals surface area contributed by atoms with E-state index >= 15 is 0 Å². The number of amides is 2. The number of aromatic nitrogens is 4. The van der Waals surface area contributed by atoms with Gasteiger partial charge in [-0.3, -0.25) is 20.4 Å². The maximum absolute atomic E-state index is 13.8. The predicted octanol–water partition coefficient (Wildman–Crippen LogP) is 5.82. The van der Waals surface area contributed by atoms with Crippen molar-refractivity contribution in [3.63, 3.8) is 0 Å². The average molecular weight is 669 g/mol. The summed E-state index contributed by atoms with van der Waals surface area (Å²) < 4.78 is 13.7. The molecule has 0 saturated carbocycles. The first-order valence-electron chi connectivity index (χ1n) is 15.9. The van der Waals surface area contributed by atoms with Crippen molar-refractivity contribution in [2.75, 3.05) is 13.2 Å². The first-order chi connectivity index (χ1) is 24.4. The number of benzene rings is 4. The van der Waals surface area contributed by atoms with Gasteiger partial charge in [-0.15, -0.1) is 0 Å². The minimum absolute atomic E-state index is 0.0475. The normalized spacial score (nSPS) is 10.7. The summed E-state index contributed by atoms with van der Waals surface area (Å²) in [4.78, 5) is 54.6. The van der Waals surface area contributed by atoms with Crippen molar-refractivity contribution in [1.82, 2.24) is 30.4 Å². The van der Waals surface area contributed by atoms with Gasteiger partial charge < -0.3 is 9.47 Å². The van der Waals surface area contributed by atoms with Gasteiger partial charge in [0.2, 0.25) is 0 Å². The maximum atomic E-state index is 13.8. The van der Waals surface area contributed by atoms with E-state index in [0.29, 0.717) is 33.9 Å². The smallest absolute Gasteiger partial charge is 0.342 e. The van der Waals surface area contributed by atoms with Gasteiger partial charge in [0.1, 0.15) is 11.1 Å². The largest absolute Gasteiger partial charge is 0.462 e. The lowest BCUT2D eigenvalue weighted by Crippen LogP contribution is -2.43. The molecular weight excluding hydrogens is 636 g/mol. The Labute approximate surface area is 287 Å². The van der Waals surface area contributed by atoms with Crippen molar-refractivity contribution in [2.45, 2.75) is 13.8 Å². The van der Waals surface area contributed by atoms with Crippen molar-refractivity contribution in [3.8, 4) is 33.9 Å². The molecule has 2 heterocycles. The van der Waals surface area contributed by atoms with Crippen LogP contribution in [0.4, 0.5) is 0 Å². The summed E-state index contributed by atoms with van der Waals surface area (Å²) >= 11 is 0. The van der Waals surface area contributed by atoms with E-state index in [1.54, 1.807) is 111 Å². The van der Waals surface area contributed by atoms with Crippen molar-refractivity contribution in [3.05, 3.63) is 144 Å². The average Bonchev–Trinajstić information content (AvgIpc) is 3.76. The van der Waals surface area contributed by atoms with E-state index in [2.05, 4.69) is 21.0 Å². The second kappa shape index (κ2) is 14.9. The van der Waals surface area contributed by atoms with E-state index < -0.39 is 23.8 Å². The van der Waals surface area contributed by atoms with Crippen LogP contribution in [0, 0.1) is 0 Å². The van der Waals surface area contributed by atoms with Crippen molar-refractivity contribution < 1.29 is 28.7 Å². The highest BCUT2D eigenvalue weighted by Gasteiger charge is 2.33. The lowest BCUT2D eigenvalue weighted by atomic mass is 10.0. The number of rotatable bonds is 10. The number of para-hydroxylation sites is 2.